The molecule has 0 radical (unpaired) electrons. The molecule has 0 aliphatic carbocycles. The number of anilines is 1. The van der Waals surface area contributed by atoms with Gasteiger partial charge in [-0.25, -0.2) is 0 Å². The first-order chi connectivity index (χ1) is 9.52. The molecule has 5 heteroatoms. The Morgan fingerprint density at radius 3 is 2.70 bits per heavy atom. The maximum Gasteiger partial charge on any atom is 0.0646 e. The molecule has 0 bridgehead atoms. The average molecular weight is 294 g/mol. The van der Waals surface area contributed by atoms with Gasteiger partial charge in [0.25, 0.3) is 0 Å². The monoisotopic (exact) mass is 293 g/mol. The number of halogens is 1. The van der Waals surface area contributed by atoms with E-state index in [1.165, 1.54) is 0 Å². The van der Waals surface area contributed by atoms with Crippen LogP contribution in [0, 0.1) is 20.8 Å². The van der Waals surface area contributed by atoms with Gasteiger partial charge in [-0.2, -0.15) is 5.10 Å². The largest absolute Gasteiger partial charge is 0.394 e. The first-order valence-corrected chi connectivity index (χ1v) is 7.04. The van der Waals surface area contributed by atoms with E-state index in [9.17, 15) is 0 Å². The standard InChI is InChI=1S/C15H20ClN3O/c1-10-4-5-13(8-15(10)16)17-9-14-11(2)18-19(6-7-20)12(14)3/h4-5,8,17,20H,6-7,9H2,1-3H3. The topological polar surface area (TPSA) is 50.1 Å². The van der Waals surface area contributed by atoms with Gasteiger partial charge in [0, 0.05) is 28.5 Å². The molecule has 0 aliphatic rings. The highest BCUT2D eigenvalue weighted by Gasteiger charge is 2.10. The molecule has 1 heterocycles. The second kappa shape index (κ2) is 6.29. The summed E-state index contributed by atoms with van der Waals surface area (Å²) in [5, 5.41) is 17.6. The molecule has 1 aromatic carbocycles. The molecule has 0 saturated carbocycles. The minimum absolute atomic E-state index is 0.0996. The van der Waals surface area contributed by atoms with Crippen LogP contribution in [0.4, 0.5) is 5.69 Å². The maximum absolute atomic E-state index is 9.02. The molecule has 20 heavy (non-hydrogen) atoms. The third-order valence-electron chi connectivity index (χ3n) is 3.48. The molecule has 2 rings (SSSR count). The number of rotatable bonds is 5. The van der Waals surface area contributed by atoms with Crippen molar-refractivity contribution in [3.05, 3.63) is 45.7 Å². The van der Waals surface area contributed by atoms with E-state index in [1.54, 1.807) is 0 Å². The lowest BCUT2D eigenvalue weighted by Crippen LogP contribution is -2.07. The number of aliphatic hydroxyl groups is 1. The molecular formula is C15H20ClN3O. The van der Waals surface area contributed by atoms with Gasteiger partial charge in [0.05, 0.1) is 18.8 Å². The number of aromatic nitrogens is 2. The van der Waals surface area contributed by atoms with Gasteiger partial charge in [0.1, 0.15) is 0 Å². The van der Waals surface area contributed by atoms with E-state index in [4.69, 9.17) is 16.7 Å². The summed E-state index contributed by atoms with van der Waals surface area (Å²) in [6.45, 7) is 7.32. The predicted octanol–water partition coefficient (Wildman–Crippen LogP) is 3.07. The van der Waals surface area contributed by atoms with E-state index in [1.807, 2.05) is 43.7 Å². The summed E-state index contributed by atoms with van der Waals surface area (Å²) in [7, 11) is 0. The van der Waals surface area contributed by atoms with Crippen molar-refractivity contribution in [3.8, 4) is 0 Å². The number of hydrogen-bond donors (Lipinski definition) is 2. The summed E-state index contributed by atoms with van der Waals surface area (Å²) in [6.07, 6.45) is 0. The van der Waals surface area contributed by atoms with Crippen molar-refractivity contribution < 1.29 is 5.11 Å². The molecule has 0 fully saturated rings. The highest BCUT2D eigenvalue weighted by atomic mass is 35.5. The summed E-state index contributed by atoms with van der Waals surface area (Å²) >= 11 is 6.12. The fourth-order valence-electron chi connectivity index (χ4n) is 2.20. The Labute approximate surface area is 124 Å². The minimum Gasteiger partial charge on any atom is -0.394 e. The van der Waals surface area contributed by atoms with E-state index >= 15 is 0 Å². The van der Waals surface area contributed by atoms with Crippen LogP contribution in [0.3, 0.4) is 0 Å². The third-order valence-corrected chi connectivity index (χ3v) is 3.89. The van der Waals surface area contributed by atoms with Gasteiger partial charge in [0.2, 0.25) is 0 Å². The van der Waals surface area contributed by atoms with Crippen LogP contribution in [0.5, 0.6) is 0 Å². The SMILES string of the molecule is Cc1ccc(NCc2c(C)nn(CCO)c2C)cc1Cl. The second-order valence-electron chi connectivity index (χ2n) is 4.91. The van der Waals surface area contributed by atoms with Gasteiger partial charge in [0.15, 0.2) is 0 Å². The van der Waals surface area contributed by atoms with E-state index in [0.29, 0.717) is 13.1 Å². The number of aryl methyl sites for hydroxylation is 2. The lowest BCUT2D eigenvalue weighted by molar-refractivity contribution is 0.268. The Bertz CT molecular complexity index is 607. The zero-order chi connectivity index (χ0) is 14.7. The van der Waals surface area contributed by atoms with Crippen LogP contribution in [0.25, 0.3) is 0 Å². The Morgan fingerprint density at radius 1 is 1.30 bits per heavy atom. The summed E-state index contributed by atoms with van der Waals surface area (Å²) in [6, 6.07) is 5.95. The zero-order valence-corrected chi connectivity index (χ0v) is 12.8. The summed E-state index contributed by atoms with van der Waals surface area (Å²) in [5.74, 6) is 0. The number of hydrogen-bond acceptors (Lipinski definition) is 3. The fraction of sp³-hybridized carbons (Fsp3) is 0.400. The van der Waals surface area contributed by atoms with Gasteiger partial charge >= 0.3 is 0 Å². The molecule has 0 spiro atoms. The second-order valence-corrected chi connectivity index (χ2v) is 5.32. The first kappa shape index (κ1) is 14.9. The smallest absolute Gasteiger partial charge is 0.0646 e. The number of benzene rings is 1. The van der Waals surface area contributed by atoms with Gasteiger partial charge in [-0.3, -0.25) is 4.68 Å². The number of aliphatic hydroxyl groups excluding tert-OH is 1. The van der Waals surface area contributed by atoms with E-state index in [2.05, 4.69) is 10.4 Å². The van der Waals surface area contributed by atoms with E-state index in [-0.39, 0.29) is 6.61 Å². The Balaban J connectivity index is 2.12. The molecule has 2 aromatic rings. The van der Waals surface area contributed by atoms with Gasteiger partial charge < -0.3 is 10.4 Å². The van der Waals surface area contributed by atoms with Crippen molar-refractivity contribution in [3.63, 3.8) is 0 Å². The molecule has 4 nitrogen and oxygen atoms in total. The van der Waals surface area contributed by atoms with Crippen molar-refractivity contribution in [1.29, 1.82) is 0 Å². The average Bonchev–Trinajstić information content (AvgIpc) is 2.67. The molecule has 0 unspecified atom stereocenters. The molecular weight excluding hydrogens is 274 g/mol. The van der Waals surface area contributed by atoms with Crippen LogP contribution in [0.15, 0.2) is 18.2 Å². The minimum atomic E-state index is 0.0996. The molecule has 1 aromatic heterocycles. The van der Waals surface area contributed by atoms with Gasteiger partial charge in [-0.15, -0.1) is 0 Å². The van der Waals surface area contributed by atoms with Crippen LogP contribution in [-0.2, 0) is 13.1 Å². The van der Waals surface area contributed by atoms with Crippen LogP contribution >= 0.6 is 11.6 Å². The molecule has 0 aliphatic heterocycles. The predicted molar refractivity (Wildman–Crippen MR) is 82.3 cm³/mol. The van der Waals surface area contributed by atoms with Crippen molar-refractivity contribution in [1.82, 2.24) is 9.78 Å². The van der Waals surface area contributed by atoms with Gasteiger partial charge in [-0.1, -0.05) is 17.7 Å². The van der Waals surface area contributed by atoms with Crippen molar-refractivity contribution in [2.45, 2.75) is 33.9 Å². The first-order valence-electron chi connectivity index (χ1n) is 6.66. The molecule has 0 amide bonds. The van der Waals surface area contributed by atoms with Crippen molar-refractivity contribution in [2.24, 2.45) is 0 Å². The normalized spacial score (nSPS) is 10.8. The van der Waals surface area contributed by atoms with Gasteiger partial charge in [-0.05, 0) is 38.5 Å². The van der Waals surface area contributed by atoms with Crippen LogP contribution in [0.2, 0.25) is 5.02 Å². The fourth-order valence-corrected chi connectivity index (χ4v) is 2.38. The summed E-state index contributed by atoms with van der Waals surface area (Å²) in [5.41, 5.74) is 5.30. The van der Waals surface area contributed by atoms with E-state index in [0.717, 1.165) is 33.2 Å². The lowest BCUT2D eigenvalue weighted by atomic mass is 10.2. The molecule has 108 valence electrons. The molecule has 0 saturated heterocycles. The summed E-state index contributed by atoms with van der Waals surface area (Å²) in [4.78, 5) is 0. The van der Waals surface area contributed by atoms with Crippen molar-refractivity contribution >= 4 is 17.3 Å². The highest BCUT2D eigenvalue weighted by Crippen LogP contribution is 2.21. The molecule has 0 atom stereocenters. The quantitative estimate of drug-likeness (QED) is 0.891. The Morgan fingerprint density at radius 2 is 2.05 bits per heavy atom. The maximum atomic E-state index is 9.02. The Hall–Kier alpha value is -1.52. The Kier molecular flexibility index (Phi) is 4.68. The van der Waals surface area contributed by atoms with Crippen LogP contribution in [0.1, 0.15) is 22.5 Å². The van der Waals surface area contributed by atoms with Crippen molar-refractivity contribution in [2.75, 3.05) is 11.9 Å². The summed E-state index contributed by atoms with van der Waals surface area (Å²) < 4.78 is 1.84. The third kappa shape index (κ3) is 3.14. The number of nitrogens with zero attached hydrogens (tertiary/aromatic N) is 2. The van der Waals surface area contributed by atoms with Crippen LogP contribution in [-0.4, -0.2) is 21.5 Å². The molecule has 2 N–H and O–H groups in total. The zero-order valence-electron chi connectivity index (χ0n) is 12.1. The van der Waals surface area contributed by atoms with E-state index < -0.39 is 0 Å². The number of nitrogens with one attached hydrogen (secondary N) is 1. The van der Waals surface area contributed by atoms with Crippen LogP contribution < -0.4 is 5.32 Å². The lowest BCUT2D eigenvalue weighted by Gasteiger charge is -2.09. The highest BCUT2D eigenvalue weighted by molar-refractivity contribution is 6.31.